The minimum Gasteiger partial charge on any atom is -0.383 e. The van der Waals surface area contributed by atoms with Gasteiger partial charge in [-0.05, 0) is 32.1 Å². The van der Waals surface area contributed by atoms with E-state index in [2.05, 4.69) is 4.98 Å². The second-order valence-electron chi connectivity index (χ2n) is 5.89. The Bertz CT molecular complexity index is 729. The van der Waals surface area contributed by atoms with Crippen LogP contribution in [0, 0.1) is 6.92 Å². The zero-order chi connectivity index (χ0) is 18.8. The summed E-state index contributed by atoms with van der Waals surface area (Å²) in [5, 5.41) is 0. The maximum absolute atomic E-state index is 12.1. The molecule has 0 spiro atoms. The molecule has 4 atom stereocenters. The van der Waals surface area contributed by atoms with Crippen LogP contribution in [0.15, 0.2) is 11.0 Å². The van der Waals surface area contributed by atoms with Crippen molar-refractivity contribution in [3.8, 4) is 0 Å². The third-order valence-electron chi connectivity index (χ3n) is 4.26. The van der Waals surface area contributed by atoms with Gasteiger partial charge in [0.15, 0.2) is 0 Å². The van der Waals surface area contributed by atoms with E-state index in [0.29, 0.717) is 12.0 Å². The van der Waals surface area contributed by atoms with Crippen molar-refractivity contribution in [1.29, 1.82) is 0 Å². The molecule has 0 bridgehead atoms. The molecule has 11 heteroatoms. The molecule has 2 rings (SSSR count). The van der Waals surface area contributed by atoms with Gasteiger partial charge in [0, 0.05) is 18.9 Å². The van der Waals surface area contributed by atoms with Crippen LogP contribution in [0.4, 0.5) is 5.82 Å². The van der Waals surface area contributed by atoms with Crippen molar-refractivity contribution in [2.45, 2.75) is 45.1 Å². The summed E-state index contributed by atoms with van der Waals surface area (Å²) < 4.78 is 23.4. The number of anilines is 1. The summed E-state index contributed by atoms with van der Waals surface area (Å²) in [5.41, 5.74) is 4.94. The maximum atomic E-state index is 12.1. The fourth-order valence-electron chi connectivity index (χ4n) is 2.67. The first-order valence-corrected chi connectivity index (χ1v) is 10.4. The summed E-state index contributed by atoms with van der Waals surface area (Å²) in [7, 11) is 1.29. The highest BCUT2D eigenvalue weighted by molar-refractivity contribution is 8.07. The lowest BCUT2D eigenvalue weighted by molar-refractivity contribution is -0.154. The Morgan fingerprint density at radius 1 is 1.68 bits per heavy atom. The number of rotatable bonds is 7. The molecule has 142 valence electrons. The molecule has 3 N–H and O–H groups in total. The highest BCUT2D eigenvalue weighted by Crippen LogP contribution is 2.48. The van der Waals surface area contributed by atoms with Gasteiger partial charge in [0.1, 0.15) is 23.8 Å². The van der Waals surface area contributed by atoms with Crippen molar-refractivity contribution in [2.24, 2.45) is 0 Å². The van der Waals surface area contributed by atoms with Crippen LogP contribution < -0.4 is 11.4 Å². The van der Waals surface area contributed by atoms with E-state index in [1.54, 1.807) is 20.0 Å². The van der Waals surface area contributed by atoms with E-state index in [0.717, 1.165) is 0 Å². The van der Waals surface area contributed by atoms with Gasteiger partial charge in [0.2, 0.25) is 0 Å². The molecular formula is C14H24N3O6PS. The number of nitrogens with zero attached hydrogens (tertiary/aromatic N) is 2. The smallest absolute Gasteiger partial charge is 0.351 e. The zero-order valence-corrected chi connectivity index (χ0v) is 16.4. The average molecular weight is 393 g/mol. The number of nitrogens with two attached hydrogens (primary N) is 1. The van der Waals surface area contributed by atoms with Gasteiger partial charge >= 0.3 is 12.4 Å². The van der Waals surface area contributed by atoms with E-state index in [-0.39, 0.29) is 19.0 Å². The van der Waals surface area contributed by atoms with Crippen LogP contribution in [0.1, 0.15) is 32.1 Å². The van der Waals surface area contributed by atoms with E-state index < -0.39 is 30.3 Å². The lowest BCUT2D eigenvalue weighted by Crippen LogP contribution is -2.47. The minimum atomic E-state index is -3.38. The Balaban J connectivity index is 2.27. The third kappa shape index (κ3) is 4.46. The standard InChI is InChI=1S/C14H24N3O6PS/c1-5-14(8-21-7-11(14)23-24(19,25)20-4)22-10(3)17-6-9(2)12(15)16-13(17)18/h6,10-11H,5,7-8H2,1-4H3,(H,19,25)(H2,15,16,18)/t10?,11?,14-,24?/m0/s1. The van der Waals surface area contributed by atoms with E-state index in [1.807, 2.05) is 6.92 Å². The minimum absolute atomic E-state index is 0.185. The summed E-state index contributed by atoms with van der Waals surface area (Å²) in [6.07, 6.45) is 0.855. The van der Waals surface area contributed by atoms with Crippen molar-refractivity contribution >= 4 is 24.3 Å². The second-order valence-corrected chi connectivity index (χ2v) is 8.79. The third-order valence-corrected chi connectivity index (χ3v) is 5.95. The molecule has 1 aliphatic rings. The van der Waals surface area contributed by atoms with Gasteiger partial charge in [-0.2, -0.15) is 4.98 Å². The largest absolute Gasteiger partial charge is 0.383 e. The highest BCUT2D eigenvalue weighted by Gasteiger charge is 2.48. The number of aryl methyl sites for hydroxylation is 1. The van der Waals surface area contributed by atoms with E-state index in [9.17, 15) is 9.69 Å². The van der Waals surface area contributed by atoms with Crippen molar-refractivity contribution in [3.05, 3.63) is 22.2 Å². The first kappa shape index (κ1) is 20.4. The number of nitrogen functional groups attached to an aromatic ring is 1. The molecule has 0 saturated carbocycles. The maximum Gasteiger partial charge on any atom is 0.351 e. The van der Waals surface area contributed by atoms with Gasteiger partial charge in [-0.1, -0.05) is 6.92 Å². The van der Waals surface area contributed by atoms with Crippen LogP contribution in [-0.4, -0.2) is 46.5 Å². The summed E-state index contributed by atoms with van der Waals surface area (Å²) >= 11 is 4.92. The number of hydrogen-bond acceptors (Lipinski definition) is 8. The summed E-state index contributed by atoms with van der Waals surface area (Å²) in [4.78, 5) is 25.9. The number of hydrogen-bond donors (Lipinski definition) is 2. The molecular weight excluding hydrogens is 369 g/mol. The van der Waals surface area contributed by atoms with Crippen LogP contribution in [-0.2, 0) is 30.3 Å². The zero-order valence-electron chi connectivity index (χ0n) is 14.7. The molecule has 9 nitrogen and oxygen atoms in total. The van der Waals surface area contributed by atoms with Crippen LogP contribution in [0.25, 0.3) is 0 Å². The highest BCUT2D eigenvalue weighted by atomic mass is 32.5. The first-order chi connectivity index (χ1) is 11.6. The number of aromatic nitrogens is 2. The van der Waals surface area contributed by atoms with Crippen molar-refractivity contribution in [2.75, 3.05) is 26.1 Å². The molecule has 0 aromatic carbocycles. The normalized spacial score (nSPS) is 27.2. The molecule has 0 radical (unpaired) electrons. The average Bonchev–Trinajstić information content (AvgIpc) is 2.93. The monoisotopic (exact) mass is 393 g/mol. The van der Waals surface area contributed by atoms with Gasteiger partial charge in [0.05, 0.1) is 13.2 Å². The van der Waals surface area contributed by atoms with E-state index >= 15 is 0 Å². The Morgan fingerprint density at radius 2 is 2.36 bits per heavy atom. The van der Waals surface area contributed by atoms with Gasteiger partial charge in [0.25, 0.3) is 0 Å². The predicted octanol–water partition coefficient (Wildman–Crippen LogP) is 1.10. The van der Waals surface area contributed by atoms with Crippen LogP contribution >= 0.6 is 6.72 Å². The Hall–Kier alpha value is -0.870. The Kier molecular flexibility index (Phi) is 6.37. The molecule has 25 heavy (non-hydrogen) atoms. The van der Waals surface area contributed by atoms with E-state index in [1.165, 1.54) is 11.7 Å². The summed E-state index contributed by atoms with van der Waals surface area (Å²) in [6, 6.07) is 0. The molecule has 1 fully saturated rings. The Morgan fingerprint density at radius 3 is 2.96 bits per heavy atom. The quantitative estimate of drug-likeness (QED) is 0.656. The van der Waals surface area contributed by atoms with Crippen molar-refractivity contribution in [1.82, 2.24) is 9.55 Å². The molecule has 1 aromatic heterocycles. The summed E-state index contributed by atoms with van der Waals surface area (Å²) in [6.45, 7) is 2.45. The second kappa shape index (κ2) is 7.79. The SMILES string of the molecule is CC[C@]1(OC(C)n2cc(C)c(N)nc2=O)COCC1OP(O)(=S)OC. The molecule has 3 unspecified atom stereocenters. The van der Waals surface area contributed by atoms with Crippen molar-refractivity contribution in [3.63, 3.8) is 0 Å². The van der Waals surface area contributed by atoms with Gasteiger partial charge in [-0.25, -0.2) is 4.79 Å². The molecule has 1 aromatic rings. The first-order valence-electron chi connectivity index (χ1n) is 7.82. The molecule has 0 aliphatic carbocycles. The van der Waals surface area contributed by atoms with Crippen LogP contribution in [0.2, 0.25) is 0 Å². The summed E-state index contributed by atoms with van der Waals surface area (Å²) in [5.74, 6) is 0.185. The van der Waals surface area contributed by atoms with Gasteiger partial charge < -0.3 is 24.6 Å². The van der Waals surface area contributed by atoms with Gasteiger partial charge in [-0.3, -0.25) is 9.09 Å². The lowest BCUT2D eigenvalue weighted by atomic mass is 9.97. The molecule has 1 aliphatic heterocycles. The van der Waals surface area contributed by atoms with Crippen molar-refractivity contribution < 1.29 is 23.4 Å². The van der Waals surface area contributed by atoms with Crippen LogP contribution in [0.3, 0.4) is 0 Å². The Labute approximate surface area is 151 Å². The topological polar surface area (TPSA) is 118 Å². The molecule has 1 saturated heterocycles. The van der Waals surface area contributed by atoms with Gasteiger partial charge in [-0.15, -0.1) is 0 Å². The fraction of sp³-hybridized carbons (Fsp3) is 0.714. The lowest BCUT2D eigenvalue weighted by Gasteiger charge is -2.36. The van der Waals surface area contributed by atoms with E-state index in [4.69, 9.17) is 36.1 Å². The van der Waals surface area contributed by atoms with Crippen LogP contribution in [0.5, 0.6) is 0 Å². The molecule has 2 heterocycles. The molecule has 0 amide bonds. The predicted molar refractivity (Wildman–Crippen MR) is 95.7 cm³/mol. The fourth-order valence-corrected chi connectivity index (χ4v) is 3.65. The number of ether oxygens (including phenoxy) is 2.